The van der Waals surface area contributed by atoms with E-state index in [1.807, 2.05) is 0 Å². The molecule has 9 nitrogen and oxygen atoms in total. The van der Waals surface area contributed by atoms with Gasteiger partial charge in [-0.3, -0.25) is 0 Å². The van der Waals surface area contributed by atoms with Gasteiger partial charge in [0.15, 0.2) is 11.5 Å². The largest absolute Gasteiger partial charge is 0.493 e. The Bertz CT molecular complexity index is 814. The SMILES string of the molecule is COC(=O)[C@H](Cc1cc(OC)c(OC)cc1[18F])N(C(=O)OC(C)(C)C)C(=O)OC(C)(C)C. The Labute approximate surface area is 187 Å². The Hall–Kier alpha value is -3.04. The van der Waals surface area contributed by atoms with Crippen LogP contribution >= 0.6 is 0 Å². The molecule has 0 fully saturated rings. The molecule has 0 unspecified atom stereocenters. The van der Waals surface area contributed by atoms with Gasteiger partial charge in [0, 0.05) is 12.5 Å². The van der Waals surface area contributed by atoms with Gasteiger partial charge in [0.25, 0.3) is 0 Å². The molecule has 180 valence electrons. The van der Waals surface area contributed by atoms with E-state index in [9.17, 15) is 18.8 Å². The van der Waals surface area contributed by atoms with Gasteiger partial charge in [-0.15, -0.1) is 0 Å². The zero-order valence-corrected chi connectivity index (χ0v) is 20.0. The molecule has 1 aromatic carbocycles. The van der Waals surface area contributed by atoms with Crippen LogP contribution < -0.4 is 9.47 Å². The highest BCUT2D eigenvalue weighted by Gasteiger charge is 2.41. The number of carbonyl (C=O) groups excluding carboxylic acids is 3. The van der Waals surface area contributed by atoms with Gasteiger partial charge >= 0.3 is 18.2 Å². The number of ether oxygens (including phenoxy) is 5. The van der Waals surface area contributed by atoms with E-state index in [2.05, 4.69) is 0 Å². The predicted molar refractivity (Wildman–Crippen MR) is 113 cm³/mol. The monoisotopic (exact) mass is 456 g/mol. The van der Waals surface area contributed by atoms with Crippen LogP contribution in [0.15, 0.2) is 12.1 Å². The second-order valence-electron chi connectivity index (χ2n) is 8.87. The molecule has 32 heavy (non-hydrogen) atoms. The molecule has 0 heterocycles. The quantitative estimate of drug-likeness (QED) is 0.466. The summed E-state index contributed by atoms with van der Waals surface area (Å²) in [6, 6.07) is 0.817. The van der Waals surface area contributed by atoms with E-state index in [0.29, 0.717) is 4.90 Å². The molecule has 0 spiro atoms. The minimum atomic E-state index is -1.57. The minimum absolute atomic E-state index is 0.0184. The van der Waals surface area contributed by atoms with Crippen molar-refractivity contribution in [2.75, 3.05) is 21.3 Å². The third-order valence-corrected chi connectivity index (χ3v) is 3.93. The number of nitrogens with zero attached hydrogens (tertiary/aromatic N) is 1. The fourth-order valence-corrected chi connectivity index (χ4v) is 2.63. The summed E-state index contributed by atoms with van der Waals surface area (Å²) in [6.45, 7) is 9.58. The number of amides is 2. The first-order valence-corrected chi connectivity index (χ1v) is 9.87. The average Bonchev–Trinajstić information content (AvgIpc) is 2.64. The summed E-state index contributed by atoms with van der Waals surface area (Å²) in [6.07, 6.45) is -2.69. The molecule has 0 aliphatic heterocycles. The van der Waals surface area contributed by atoms with Gasteiger partial charge in [0.2, 0.25) is 0 Å². The van der Waals surface area contributed by atoms with Gasteiger partial charge in [0.05, 0.1) is 21.3 Å². The normalized spacial score (nSPS) is 12.4. The molecule has 0 N–H and O–H groups in total. The summed E-state index contributed by atoms with van der Waals surface area (Å²) >= 11 is 0. The lowest BCUT2D eigenvalue weighted by Gasteiger charge is -2.32. The molecule has 2 amide bonds. The third-order valence-electron chi connectivity index (χ3n) is 3.93. The highest BCUT2D eigenvalue weighted by molar-refractivity contribution is 5.94. The predicted octanol–water partition coefficient (Wildman–Crippen LogP) is 4.10. The van der Waals surface area contributed by atoms with Crippen molar-refractivity contribution >= 4 is 18.2 Å². The first-order chi connectivity index (χ1) is 14.6. The van der Waals surface area contributed by atoms with Crippen molar-refractivity contribution in [3.63, 3.8) is 0 Å². The standard InChI is InChI=1S/C22H32FNO8/c1-21(2,3)31-19(26)24(20(27)32-22(4,5)6)15(18(25)30-9)10-13-11-16(28-7)17(29-8)12-14(13)23/h11-12,15H,10H2,1-9H3/t15-/m0/s1/i23-1. The number of benzene rings is 1. The Kier molecular flexibility index (Phi) is 8.87. The molecule has 1 rings (SSSR count). The number of carbonyl (C=O) groups is 3. The van der Waals surface area contributed by atoms with E-state index < -0.39 is 47.6 Å². The highest BCUT2D eigenvalue weighted by atomic mass is 18.2. The Balaban J connectivity index is 3.52. The van der Waals surface area contributed by atoms with Crippen molar-refractivity contribution < 1.29 is 42.5 Å². The van der Waals surface area contributed by atoms with Crippen molar-refractivity contribution in [2.24, 2.45) is 0 Å². The van der Waals surface area contributed by atoms with Gasteiger partial charge in [-0.1, -0.05) is 0 Å². The van der Waals surface area contributed by atoms with Gasteiger partial charge in [-0.2, -0.15) is 4.90 Å². The number of hydrogen-bond acceptors (Lipinski definition) is 8. The topological polar surface area (TPSA) is 101 Å². The van der Waals surface area contributed by atoms with Crippen molar-refractivity contribution in [2.45, 2.75) is 65.2 Å². The lowest BCUT2D eigenvalue weighted by molar-refractivity contribution is -0.146. The van der Waals surface area contributed by atoms with E-state index in [-0.39, 0.29) is 17.1 Å². The van der Waals surface area contributed by atoms with Crippen molar-refractivity contribution in [3.8, 4) is 11.5 Å². The van der Waals surface area contributed by atoms with Crippen LogP contribution in [0.1, 0.15) is 47.1 Å². The lowest BCUT2D eigenvalue weighted by atomic mass is 10.0. The van der Waals surface area contributed by atoms with E-state index >= 15 is 0 Å². The molecule has 10 heteroatoms. The zero-order valence-electron chi connectivity index (χ0n) is 20.0. The maximum Gasteiger partial charge on any atom is 0.420 e. The maximum atomic E-state index is 14.8. The second-order valence-corrected chi connectivity index (χ2v) is 8.87. The van der Waals surface area contributed by atoms with Crippen molar-refractivity contribution in [1.82, 2.24) is 4.90 Å². The van der Waals surface area contributed by atoms with E-state index in [4.69, 9.17) is 23.7 Å². The van der Waals surface area contributed by atoms with E-state index in [0.717, 1.165) is 13.2 Å². The van der Waals surface area contributed by atoms with Crippen LogP contribution in [0.5, 0.6) is 11.5 Å². The van der Waals surface area contributed by atoms with Gasteiger partial charge in [-0.25, -0.2) is 18.8 Å². The Morgan fingerprint density at radius 2 is 1.31 bits per heavy atom. The molecule has 0 aliphatic carbocycles. The number of rotatable bonds is 6. The van der Waals surface area contributed by atoms with Crippen LogP contribution in [0, 0.1) is 5.82 Å². The van der Waals surface area contributed by atoms with Crippen LogP contribution in [-0.2, 0) is 25.4 Å². The van der Waals surface area contributed by atoms with Crippen LogP contribution in [0.4, 0.5) is 14.0 Å². The smallest absolute Gasteiger partial charge is 0.420 e. The van der Waals surface area contributed by atoms with E-state index in [1.54, 1.807) is 41.5 Å². The molecule has 1 atom stereocenters. The molecule has 0 saturated carbocycles. The number of halogens is 1. The summed E-state index contributed by atoms with van der Waals surface area (Å²) in [5, 5.41) is 0. The Morgan fingerprint density at radius 1 is 0.875 bits per heavy atom. The van der Waals surface area contributed by atoms with Gasteiger partial charge in [0.1, 0.15) is 23.1 Å². The average molecular weight is 456 g/mol. The molecule has 0 aromatic heterocycles. The maximum absolute atomic E-state index is 14.8. The summed E-state index contributed by atoms with van der Waals surface area (Å²) in [4.78, 5) is 38.9. The number of methoxy groups -OCH3 is 3. The van der Waals surface area contributed by atoms with Gasteiger partial charge in [-0.05, 0) is 53.2 Å². The molecule has 1 aromatic rings. The highest BCUT2D eigenvalue weighted by Crippen LogP contribution is 2.31. The van der Waals surface area contributed by atoms with E-state index in [1.165, 1.54) is 20.3 Å². The first kappa shape index (κ1) is 27.0. The lowest BCUT2D eigenvalue weighted by Crippen LogP contribution is -2.53. The molecule has 0 radical (unpaired) electrons. The van der Waals surface area contributed by atoms with Crippen LogP contribution in [0.2, 0.25) is 0 Å². The summed E-state index contributed by atoms with van der Waals surface area (Å²) in [5.74, 6) is -1.35. The minimum Gasteiger partial charge on any atom is -0.493 e. The molecule has 0 saturated heterocycles. The summed E-state index contributed by atoms with van der Waals surface area (Å²) in [5.41, 5.74) is -1.98. The molecule has 0 bridgehead atoms. The second kappa shape index (κ2) is 10.5. The van der Waals surface area contributed by atoms with Crippen LogP contribution in [0.3, 0.4) is 0 Å². The number of imide groups is 1. The fraction of sp³-hybridized carbons (Fsp3) is 0.591. The van der Waals surface area contributed by atoms with Crippen molar-refractivity contribution in [3.05, 3.63) is 23.5 Å². The summed E-state index contributed by atoms with van der Waals surface area (Å²) in [7, 11) is 3.80. The van der Waals surface area contributed by atoms with Crippen LogP contribution in [-0.4, -0.2) is 61.6 Å². The Morgan fingerprint density at radius 3 is 1.69 bits per heavy atom. The molecule has 0 aliphatic rings. The number of esters is 1. The van der Waals surface area contributed by atoms with Gasteiger partial charge < -0.3 is 23.7 Å². The zero-order chi connectivity index (χ0) is 24.9. The summed E-state index contributed by atoms with van der Waals surface area (Å²) < 4.78 is 40.4. The first-order valence-electron chi connectivity index (χ1n) is 9.87. The third kappa shape index (κ3) is 7.58. The molecular weight excluding hydrogens is 424 g/mol. The van der Waals surface area contributed by atoms with Crippen LogP contribution in [0.25, 0.3) is 0 Å². The van der Waals surface area contributed by atoms with Crippen molar-refractivity contribution in [1.29, 1.82) is 0 Å². The fourth-order valence-electron chi connectivity index (χ4n) is 2.63. The number of hydrogen-bond donors (Lipinski definition) is 0. The molecular formula is C22H32FNO8.